The predicted octanol–water partition coefficient (Wildman–Crippen LogP) is 4.36. The summed E-state index contributed by atoms with van der Waals surface area (Å²) >= 11 is 0. The minimum atomic E-state index is -0.847. The van der Waals surface area contributed by atoms with Gasteiger partial charge in [0.05, 0.1) is 18.9 Å². The number of aromatic nitrogens is 1. The van der Waals surface area contributed by atoms with Crippen LogP contribution in [0.1, 0.15) is 29.9 Å². The highest BCUT2D eigenvalue weighted by Gasteiger charge is 2.12. The topological polar surface area (TPSA) is 111 Å². The first-order valence-electron chi connectivity index (χ1n) is 10.4. The monoisotopic (exact) mass is 438 g/mol. The highest BCUT2D eigenvalue weighted by Crippen LogP contribution is 2.21. The number of carbonyl (C=O) groups excluding carboxylic acids is 1. The van der Waals surface area contributed by atoms with Crippen LogP contribution in [0.5, 0.6) is 5.75 Å². The van der Waals surface area contributed by atoms with Crippen LogP contribution in [0.15, 0.2) is 59.0 Å². The number of carboxylic acids is 1. The number of hydrogen-bond acceptors (Lipinski definition) is 6. The van der Waals surface area contributed by atoms with Crippen LogP contribution in [-0.2, 0) is 22.5 Å². The molecule has 8 nitrogen and oxygen atoms in total. The number of carbonyl (C=O) groups is 2. The molecule has 1 heterocycles. The van der Waals surface area contributed by atoms with Gasteiger partial charge in [-0.05, 0) is 43.2 Å². The number of carboxylic acid groups (broad SMARTS) is 1. The van der Waals surface area contributed by atoms with E-state index in [2.05, 4.69) is 10.3 Å². The van der Waals surface area contributed by atoms with Crippen molar-refractivity contribution >= 4 is 12.1 Å². The van der Waals surface area contributed by atoms with Crippen molar-refractivity contribution in [3.63, 3.8) is 0 Å². The lowest BCUT2D eigenvalue weighted by molar-refractivity contribution is -0.137. The summed E-state index contributed by atoms with van der Waals surface area (Å²) in [5.74, 6) is 1.03. The molecule has 0 atom stereocenters. The molecule has 1 amide bonds. The number of alkyl carbamates (subject to hydrolysis) is 1. The second kappa shape index (κ2) is 11.5. The zero-order valence-electron chi connectivity index (χ0n) is 17.9. The number of hydrogen-bond donors (Lipinski definition) is 2. The molecule has 0 aliphatic heterocycles. The van der Waals surface area contributed by atoms with Gasteiger partial charge in [0.1, 0.15) is 11.5 Å². The van der Waals surface area contributed by atoms with Crippen molar-refractivity contribution in [1.29, 1.82) is 0 Å². The summed E-state index contributed by atoms with van der Waals surface area (Å²) in [5.41, 5.74) is 2.50. The van der Waals surface area contributed by atoms with Crippen LogP contribution in [0.4, 0.5) is 4.79 Å². The van der Waals surface area contributed by atoms with E-state index in [0.29, 0.717) is 36.8 Å². The Morgan fingerprint density at radius 1 is 1.09 bits per heavy atom. The molecule has 1 aromatic heterocycles. The summed E-state index contributed by atoms with van der Waals surface area (Å²) < 4.78 is 16.5. The van der Waals surface area contributed by atoms with Gasteiger partial charge >= 0.3 is 12.1 Å². The van der Waals surface area contributed by atoms with Crippen LogP contribution in [0.2, 0.25) is 0 Å². The second-order valence-corrected chi connectivity index (χ2v) is 7.12. The number of ether oxygens (including phenoxy) is 2. The van der Waals surface area contributed by atoms with Crippen LogP contribution in [0, 0.1) is 6.92 Å². The molecular formula is C24H26N2O6. The number of rotatable bonds is 11. The van der Waals surface area contributed by atoms with Crippen molar-refractivity contribution in [2.24, 2.45) is 0 Å². The van der Waals surface area contributed by atoms with Gasteiger partial charge in [-0.3, -0.25) is 4.79 Å². The number of oxazole rings is 1. The molecule has 0 bridgehead atoms. The van der Waals surface area contributed by atoms with Crippen molar-refractivity contribution in [2.75, 3.05) is 13.2 Å². The molecule has 0 fully saturated rings. The van der Waals surface area contributed by atoms with Gasteiger partial charge in [0.15, 0.2) is 0 Å². The molecule has 0 saturated carbocycles. The summed E-state index contributed by atoms with van der Waals surface area (Å²) in [6, 6.07) is 16.9. The lowest BCUT2D eigenvalue weighted by Gasteiger charge is -2.09. The maximum atomic E-state index is 12.0. The fourth-order valence-corrected chi connectivity index (χ4v) is 2.99. The minimum absolute atomic E-state index is 0.0640. The Morgan fingerprint density at radius 3 is 2.69 bits per heavy atom. The zero-order valence-corrected chi connectivity index (χ0v) is 17.9. The SMILES string of the molecule is Cc1oc(-c2ccccc2)nc1CCOC(=O)NCc1cccc(OCCCC(=O)O)c1. The number of aliphatic carboxylic acids is 1. The minimum Gasteiger partial charge on any atom is -0.494 e. The van der Waals surface area contributed by atoms with Gasteiger partial charge < -0.3 is 24.3 Å². The van der Waals surface area contributed by atoms with Crippen molar-refractivity contribution in [3.05, 3.63) is 71.6 Å². The van der Waals surface area contributed by atoms with E-state index >= 15 is 0 Å². The number of aryl methyl sites for hydroxylation is 1. The number of amides is 1. The van der Waals surface area contributed by atoms with E-state index in [0.717, 1.165) is 16.8 Å². The number of nitrogens with zero attached hydrogens (tertiary/aromatic N) is 1. The average Bonchev–Trinajstić information content (AvgIpc) is 3.16. The fourth-order valence-electron chi connectivity index (χ4n) is 2.99. The molecule has 2 N–H and O–H groups in total. The lowest BCUT2D eigenvalue weighted by atomic mass is 10.2. The van der Waals surface area contributed by atoms with Crippen LogP contribution >= 0.6 is 0 Å². The van der Waals surface area contributed by atoms with Crippen molar-refractivity contribution in [1.82, 2.24) is 10.3 Å². The zero-order chi connectivity index (χ0) is 22.8. The largest absolute Gasteiger partial charge is 0.494 e. The number of nitrogens with one attached hydrogen (secondary N) is 1. The molecule has 0 unspecified atom stereocenters. The molecule has 3 aromatic rings. The molecular weight excluding hydrogens is 412 g/mol. The Labute approximate surface area is 186 Å². The van der Waals surface area contributed by atoms with Crippen LogP contribution in [0.3, 0.4) is 0 Å². The van der Waals surface area contributed by atoms with E-state index in [1.807, 2.05) is 49.4 Å². The van der Waals surface area contributed by atoms with E-state index < -0.39 is 12.1 Å². The van der Waals surface area contributed by atoms with Crippen molar-refractivity contribution in [3.8, 4) is 17.2 Å². The molecule has 0 radical (unpaired) electrons. The second-order valence-electron chi connectivity index (χ2n) is 7.12. The Kier molecular flexibility index (Phi) is 8.25. The third kappa shape index (κ3) is 7.16. The maximum absolute atomic E-state index is 12.0. The van der Waals surface area contributed by atoms with Gasteiger partial charge in [0.2, 0.25) is 5.89 Å². The molecule has 0 saturated heterocycles. The Hall–Kier alpha value is -3.81. The summed E-state index contributed by atoms with van der Waals surface area (Å²) in [7, 11) is 0. The Bertz CT molecular complexity index is 1030. The molecule has 0 spiro atoms. The standard InChI is InChI=1S/C24H26N2O6/c1-17-21(26-23(32-17)19-8-3-2-4-9-19)12-14-31-24(29)25-16-18-7-5-10-20(15-18)30-13-6-11-22(27)28/h2-5,7-10,15H,6,11-14,16H2,1H3,(H,25,29)(H,27,28). The Balaban J connectivity index is 1.40. The first kappa shape index (κ1) is 22.9. The van der Waals surface area contributed by atoms with Crippen molar-refractivity contribution < 1.29 is 28.6 Å². The molecule has 3 rings (SSSR count). The fraction of sp³-hybridized carbons (Fsp3) is 0.292. The Morgan fingerprint density at radius 2 is 1.91 bits per heavy atom. The highest BCUT2D eigenvalue weighted by molar-refractivity contribution is 5.67. The van der Waals surface area contributed by atoms with E-state index in [-0.39, 0.29) is 19.6 Å². The van der Waals surface area contributed by atoms with Gasteiger partial charge in [-0.15, -0.1) is 0 Å². The van der Waals surface area contributed by atoms with Crippen LogP contribution < -0.4 is 10.1 Å². The third-order valence-corrected chi connectivity index (χ3v) is 4.62. The van der Waals surface area contributed by atoms with E-state index in [9.17, 15) is 9.59 Å². The van der Waals surface area contributed by atoms with Gasteiger partial charge in [-0.1, -0.05) is 30.3 Å². The summed E-state index contributed by atoms with van der Waals surface area (Å²) in [4.78, 5) is 27.0. The summed E-state index contributed by atoms with van der Waals surface area (Å²) in [5, 5.41) is 11.4. The number of benzene rings is 2. The molecule has 168 valence electrons. The molecule has 0 aliphatic carbocycles. The third-order valence-electron chi connectivity index (χ3n) is 4.62. The summed E-state index contributed by atoms with van der Waals surface area (Å²) in [6.45, 7) is 2.62. The maximum Gasteiger partial charge on any atom is 0.407 e. The van der Waals surface area contributed by atoms with Crippen LogP contribution in [0.25, 0.3) is 11.5 Å². The quantitative estimate of drug-likeness (QED) is 0.428. The smallest absolute Gasteiger partial charge is 0.407 e. The lowest BCUT2D eigenvalue weighted by Crippen LogP contribution is -2.24. The van der Waals surface area contributed by atoms with Gasteiger partial charge in [-0.25, -0.2) is 9.78 Å². The van der Waals surface area contributed by atoms with E-state index in [1.54, 1.807) is 12.1 Å². The molecule has 8 heteroatoms. The summed E-state index contributed by atoms with van der Waals surface area (Å²) in [6.07, 6.45) is 0.424. The first-order chi connectivity index (χ1) is 15.5. The molecule has 32 heavy (non-hydrogen) atoms. The normalized spacial score (nSPS) is 10.5. The average molecular weight is 438 g/mol. The molecule has 2 aromatic carbocycles. The van der Waals surface area contributed by atoms with Crippen LogP contribution in [-0.4, -0.2) is 35.4 Å². The van der Waals surface area contributed by atoms with Gasteiger partial charge in [0, 0.05) is 24.9 Å². The first-order valence-corrected chi connectivity index (χ1v) is 10.4. The van der Waals surface area contributed by atoms with E-state index in [4.69, 9.17) is 19.0 Å². The highest BCUT2D eigenvalue weighted by atomic mass is 16.5. The van der Waals surface area contributed by atoms with Gasteiger partial charge in [0.25, 0.3) is 0 Å². The van der Waals surface area contributed by atoms with Crippen molar-refractivity contribution in [2.45, 2.75) is 32.7 Å². The van der Waals surface area contributed by atoms with Gasteiger partial charge in [-0.2, -0.15) is 0 Å². The predicted molar refractivity (Wildman–Crippen MR) is 117 cm³/mol. The molecule has 0 aliphatic rings. The van der Waals surface area contributed by atoms with E-state index in [1.165, 1.54) is 0 Å².